The average Bonchev–Trinajstić information content (AvgIpc) is 2.47. The lowest BCUT2D eigenvalue weighted by atomic mass is 9.79. The third kappa shape index (κ3) is 1.96. The minimum absolute atomic E-state index is 0.244. The summed E-state index contributed by atoms with van der Waals surface area (Å²) in [5.41, 5.74) is 0.607. The van der Waals surface area contributed by atoms with Crippen LogP contribution in [0.15, 0.2) is 24.3 Å². The van der Waals surface area contributed by atoms with E-state index in [0.29, 0.717) is 6.61 Å². The summed E-state index contributed by atoms with van der Waals surface area (Å²) in [4.78, 5) is 0. The van der Waals surface area contributed by atoms with Crippen LogP contribution in [0.2, 0.25) is 0 Å². The molecule has 2 rings (SSSR count). The van der Waals surface area contributed by atoms with Gasteiger partial charge in [-0.1, -0.05) is 12.1 Å². The molecule has 14 heavy (non-hydrogen) atoms. The number of benzene rings is 1. The van der Waals surface area contributed by atoms with E-state index in [9.17, 15) is 4.39 Å². The molecule has 0 N–H and O–H groups in total. The van der Waals surface area contributed by atoms with Crippen LogP contribution in [0.1, 0.15) is 13.8 Å². The van der Waals surface area contributed by atoms with Gasteiger partial charge < -0.3 is 9.31 Å². The molecule has 0 aliphatic carbocycles. The van der Waals surface area contributed by atoms with E-state index in [0.717, 1.165) is 5.46 Å². The third-order valence-electron chi connectivity index (χ3n) is 2.15. The number of rotatable bonds is 1. The Hall–Kier alpha value is -0.865. The molecule has 1 aromatic rings. The van der Waals surface area contributed by atoms with Crippen LogP contribution in [0, 0.1) is 5.82 Å². The molecule has 0 saturated carbocycles. The molecule has 0 unspecified atom stereocenters. The van der Waals surface area contributed by atoms with Crippen LogP contribution < -0.4 is 5.46 Å². The lowest BCUT2D eigenvalue weighted by Gasteiger charge is -2.15. The SMILES string of the molecule is CC1(C)COB(c2ccc(F)cc2)O1. The van der Waals surface area contributed by atoms with E-state index in [1.165, 1.54) is 12.1 Å². The molecule has 0 radical (unpaired) electrons. The summed E-state index contributed by atoms with van der Waals surface area (Å²) >= 11 is 0. The third-order valence-corrected chi connectivity index (χ3v) is 2.15. The van der Waals surface area contributed by atoms with E-state index in [1.807, 2.05) is 13.8 Å². The van der Waals surface area contributed by atoms with Crippen molar-refractivity contribution in [2.75, 3.05) is 6.61 Å². The Morgan fingerprint density at radius 3 is 2.43 bits per heavy atom. The summed E-state index contributed by atoms with van der Waals surface area (Å²) in [6, 6.07) is 6.18. The zero-order chi connectivity index (χ0) is 10.2. The van der Waals surface area contributed by atoms with E-state index in [4.69, 9.17) is 9.31 Å². The Balaban J connectivity index is 2.14. The summed E-state index contributed by atoms with van der Waals surface area (Å²) in [7, 11) is -0.356. The topological polar surface area (TPSA) is 18.5 Å². The first-order chi connectivity index (χ1) is 6.57. The van der Waals surface area contributed by atoms with Crippen LogP contribution in [-0.4, -0.2) is 19.3 Å². The van der Waals surface area contributed by atoms with Crippen molar-refractivity contribution < 1.29 is 13.7 Å². The highest BCUT2D eigenvalue weighted by Crippen LogP contribution is 2.19. The Kier molecular flexibility index (Phi) is 2.33. The second kappa shape index (κ2) is 3.37. The molecule has 0 atom stereocenters. The van der Waals surface area contributed by atoms with Crippen molar-refractivity contribution >= 4 is 12.6 Å². The smallest absolute Gasteiger partial charge is 0.404 e. The van der Waals surface area contributed by atoms with Crippen LogP contribution in [-0.2, 0) is 9.31 Å². The molecular formula is C10H12BFO2. The Morgan fingerprint density at radius 1 is 1.29 bits per heavy atom. The molecule has 4 heteroatoms. The molecule has 0 aromatic heterocycles. The van der Waals surface area contributed by atoms with Gasteiger partial charge in [0.05, 0.1) is 12.2 Å². The van der Waals surface area contributed by atoms with E-state index in [1.54, 1.807) is 12.1 Å². The zero-order valence-corrected chi connectivity index (χ0v) is 8.29. The quantitative estimate of drug-likeness (QED) is 0.628. The van der Waals surface area contributed by atoms with Gasteiger partial charge in [-0.25, -0.2) is 4.39 Å². The van der Waals surface area contributed by atoms with Gasteiger partial charge in [0.1, 0.15) is 5.82 Å². The van der Waals surface area contributed by atoms with Gasteiger partial charge in [-0.3, -0.25) is 0 Å². The van der Waals surface area contributed by atoms with Crippen LogP contribution in [0.3, 0.4) is 0 Å². The first kappa shape index (κ1) is 9.68. The summed E-state index contributed by atoms with van der Waals surface area (Å²) in [5.74, 6) is -0.244. The van der Waals surface area contributed by atoms with Crippen molar-refractivity contribution in [3.8, 4) is 0 Å². The molecule has 1 fully saturated rings. The van der Waals surface area contributed by atoms with Gasteiger partial charge in [-0.2, -0.15) is 0 Å². The normalized spacial score (nSPS) is 20.1. The highest BCUT2D eigenvalue weighted by molar-refractivity contribution is 6.61. The Labute approximate surface area is 83.2 Å². The number of hydrogen-bond donors (Lipinski definition) is 0. The molecule has 1 aliphatic heterocycles. The summed E-state index contributed by atoms with van der Waals surface area (Å²) < 4.78 is 23.7. The van der Waals surface area contributed by atoms with Crippen molar-refractivity contribution in [3.63, 3.8) is 0 Å². The second-order valence-electron chi connectivity index (χ2n) is 4.07. The molecule has 1 aromatic carbocycles. The van der Waals surface area contributed by atoms with Crippen molar-refractivity contribution in [2.24, 2.45) is 0 Å². The van der Waals surface area contributed by atoms with Gasteiger partial charge >= 0.3 is 7.12 Å². The van der Waals surface area contributed by atoms with Crippen LogP contribution in [0.4, 0.5) is 4.39 Å². The number of halogens is 1. The number of hydrogen-bond acceptors (Lipinski definition) is 2. The lowest BCUT2D eigenvalue weighted by Crippen LogP contribution is -2.34. The van der Waals surface area contributed by atoms with Crippen LogP contribution >= 0.6 is 0 Å². The standard InChI is InChI=1S/C10H12BFO2/c1-10(2)7-13-11(14-10)8-3-5-9(12)6-4-8/h3-6H,7H2,1-2H3. The van der Waals surface area contributed by atoms with Gasteiger partial charge in [0.25, 0.3) is 0 Å². The molecule has 0 bridgehead atoms. The van der Waals surface area contributed by atoms with E-state index < -0.39 is 0 Å². The fraction of sp³-hybridized carbons (Fsp3) is 0.400. The van der Waals surface area contributed by atoms with Crippen molar-refractivity contribution in [1.82, 2.24) is 0 Å². The fourth-order valence-corrected chi connectivity index (χ4v) is 1.42. The maximum Gasteiger partial charge on any atom is 0.494 e. The lowest BCUT2D eigenvalue weighted by molar-refractivity contribution is 0.137. The predicted molar refractivity (Wildman–Crippen MR) is 52.9 cm³/mol. The highest BCUT2D eigenvalue weighted by atomic mass is 19.1. The molecule has 0 spiro atoms. The van der Waals surface area contributed by atoms with E-state index in [2.05, 4.69) is 0 Å². The molecule has 2 nitrogen and oxygen atoms in total. The average molecular weight is 194 g/mol. The molecule has 0 amide bonds. The maximum absolute atomic E-state index is 12.6. The Morgan fingerprint density at radius 2 is 1.93 bits per heavy atom. The molecular weight excluding hydrogens is 182 g/mol. The Bertz CT molecular complexity index is 323. The van der Waals surface area contributed by atoms with Crippen LogP contribution in [0.25, 0.3) is 0 Å². The van der Waals surface area contributed by atoms with Gasteiger partial charge in [0.15, 0.2) is 0 Å². The summed E-state index contributed by atoms with van der Waals surface area (Å²) in [6.07, 6.45) is 0. The van der Waals surface area contributed by atoms with Gasteiger partial charge in [-0.15, -0.1) is 0 Å². The van der Waals surface area contributed by atoms with E-state index in [-0.39, 0.29) is 18.5 Å². The molecule has 74 valence electrons. The molecule has 1 saturated heterocycles. The maximum atomic E-state index is 12.6. The van der Waals surface area contributed by atoms with Gasteiger partial charge in [0.2, 0.25) is 0 Å². The van der Waals surface area contributed by atoms with Gasteiger partial charge in [-0.05, 0) is 31.4 Å². The van der Waals surface area contributed by atoms with Crippen molar-refractivity contribution in [1.29, 1.82) is 0 Å². The molecule has 1 aliphatic rings. The minimum atomic E-state index is -0.356. The van der Waals surface area contributed by atoms with Crippen molar-refractivity contribution in [2.45, 2.75) is 19.4 Å². The largest absolute Gasteiger partial charge is 0.494 e. The van der Waals surface area contributed by atoms with E-state index >= 15 is 0 Å². The molecule has 1 heterocycles. The first-order valence-electron chi connectivity index (χ1n) is 4.62. The highest BCUT2D eigenvalue weighted by Gasteiger charge is 2.37. The van der Waals surface area contributed by atoms with Crippen molar-refractivity contribution in [3.05, 3.63) is 30.1 Å². The van der Waals surface area contributed by atoms with Gasteiger partial charge in [0, 0.05) is 0 Å². The summed E-state index contributed by atoms with van der Waals surface area (Å²) in [5, 5.41) is 0. The second-order valence-corrected chi connectivity index (χ2v) is 4.07. The monoisotopic (exact) mass is 194 g/mol. The minimum Gasteiger partial charge on any atom is -0.404 e. The first-order valence-corrected chi connectivity index (χ1v) is 4.62. The fourth-order valence-electron chi connectivity index (χ4n) is 1.42. The summed E-state index contributed by atoms with van der Waals surface area (Å²) in [6.45, 7) is 4.50. The predicted octanol–water partition coefficient (Wildman–Crippen LogP) is 1.35. The zero-order valence-electron chi connectivity index (χ0n) is 8.29. The van der Waals surface area contributed by atoms with Crippen LogP contribution in [0.5, 0.6) is 0 Å².